The third-order valence-electron chi connectivity index (χ3n) is 3.91. The van der Waals surface area contributed by atoms with Gasteiger partial charge in [-0.1, -0.05) is 6.92 Å². The molecule has 1 saturated heterocycles. The maximum Gasteiger partial charge on any atom is 0.290 e. The summed E-state index contributed by atoms with van der Waals surface area (Å²) in [6.45, 7) is 10.2. The van der Waals surface area contributed by atoms with Crippen molar-refractivity contribution in [1.29, 1.82) is 0 Å². The molecule has 1 aromatic heterocycles. The molecule has 1 fully saturated rings. The summed E-state index contributed by atoms with van der Waals surface area (Å²) in [6.07, 6.45) is 1.09. The van der Waals surface area contributed by atoms with Crippen molar-refractivity contribution in [3.63, 3.8) is 0 Å². The summed E-state index contributed by atoms with van der Waals surface area (Å²) in [6, 6.07) is 3.70. The molecule has 1 aromatic rings. The maximum atomic E-state index is 10.9. The molecule has 20 heavy (non-hydrogen) atoms. The topological polar surface area (TPSA) is 62.5 Å². The Morgan fingerprint density at radius 2 is 2.20 bits per heavy atom. The van der Waals surface area contributed by atoms with Crippen LogP contribution in [0.5, 0.6) is 0 Å². The fraction of sp³-hybridized carbons (Fsp3) is 0.643. The van der Waals surface area contributed by atoms with Gasteiger partial charge in [-0.05, 0) is 39.4 Å². The molecule has 6 heteroatoms. The van der Waals surface area contributed by atoms with E-state index in [1.54, 1.807) is 19.1 Å². The molecule has 1 aliphatic rings. The maximum absolute atomic E-state index is 10.9. The Morgan fingerprint density at radius 3 is 2.80 bits per heavy atom. The van der Waals surface area contributed by atoms with Crippen LogP contribution in [0.15, 0.2) is 12.1 Å². The summed E-state index contributed by atoms with van der Waals surface area (Å²) in [7, 11) is 0. The number of nitrogens with zero attached hydrogens (tertiary/aromatic N) is 4. The van der Waals surface area contributed by atoms with E-state index >= 15 is 0 Å². The summed E-state index contributed by atoms with van der Waals surface area (Å²) in [5.41, 5.74) is 0.572. The lowest BCUT2D eigenvalue weighted by atomic mass is 10.2. The Morgan fingerprint density at radius 1 is 1.45 bits per heavy atom. The molecule has 0 amide bonds. The second kappa shape index (κ2) is 6.17. The monoisotopic (exact) mass is 278 g/mol. The van der Waals surface area contributed by atoms with E-state index in [9.17, 15) is 10.1 Å². The third kappa shape index (κ3) is 3.07. The van der Waals surface area contributed by atoms with Gasteiger partial charge in [-0.3, -0.25) is 10.1 Å². The first kappa shape index (κ1) is 14.7. The van der Waals surface area contributed by atoms with Crippen LogP contribution in [0.4, 0.5) is 11.5 Å². The van der Waals surface area contributed by atoms with E-state index in [1.165, 1.54) is 0 Å². The lowest BCUT2D eigenvalue weighted by Gasteiger charge is -2.29. The number of rotatable bonds is 3. The van der Waals surface area contributed by atoms with E-state index in [0.717, 1.165) is 38.4 Å². The zero-order valence-corrected chi connectivity index (χ0v) is 12.4. The molecule has 0 aliphatic carbocycles. The summed E-state index contributed by atoms with van der Waals surface area (Å²) in [4.78, 5) is 19.6. The van der Waals surface area contributed by atoms with E-state index in [0.29, 0.717) is 11.7 Å². The molecule has 2 rings (SSSR count). The van der Waals surface area contributed by atoms with Crippen molar-refractivity contribution in [3.05, 3.63) is 27.9 Å². The normalized spacial score (nSPS) is 20.8. The van der Waals surface area contributed by atoms with Gasteiger partial charge < -0.3 is 9.80 Å². The van der Waals surface area contributed by atoms with E-state index in [-0.39, 0.29) is 10.6 Å². The quantitative estimate of drug-likeness (QED) is 0.626. The summed E-state index contributed by atoms with van der Waals surface area (Å²) >= 11 is 0. The Kier molecular flexibility index (Phi) is 4.54. The van der Waals surface area contributed by atoms with E-state index in [4.69, 9.17) is 0 Å². The van der Waals surface area contributed by atoms with Crippen LogP contribution in [0.25, 0.3) is 0 Å². The summed E-state index contributed by atoms with van der Waals surface area (Å²) in [5.74, 6) is 0.846. The zero-order valence-electron chi connectivity index (χ0n) is 12.4. The average molecular weight is 278 g/mol. The highest BCUT2D eigenvalue weighted by atomic mass is 16.6. The first-order chi connectivity index (χ1) is 9.52. The molecular weight excluding hydrogens is 256 g/mol. The largest absolute Gasteiger partial charge is 0.353 e. The molecule has 110 valence electrons. The second-order valence-corrected chi connectivity index (χ2v) is 5.32. The second-order valence-electron chi connectivity index (χ2n) is 5.32. The number of hydrogen-bond acceptors (Lipinski definition) is 5. The first-order valence-corrected chi connectivity index (χ1v) is 7.14. The Hall–Kier alpha value is -1.69. The van der Waals surface area contributed by atoms with Crippen LogP contribution in [0.2, 0.25) is 0 Å². The minimum Gasteiger partial charge on any atom is -0.353 e. The number of pyridine rings is 1. The van der Waals surface area contributed by atoms with Crippen molar-refractivity contribution in [3.8, 4) is 0 Å². The Bertz CT molecular complexity index is 492. The Labute approximate surface area is 119 Å². The van der Waals surface area contributed by atoms with Gasteiger partial charge in [0.1, 0.15) is 11.5 Å². The third-order valence-corrected chi connectivity index (χ3v) is 3.91. The van der Waals surface area contributed by atoms with Crippen molar-refractivity contribution in [2.75, 3.05) is 31.1 Å². The van der Waals surface area contributed by atoms with Crippen molar-refractivity contribution >= 4 is 11.5 Å². The Balaban J connectivity index is 2.22. The molecule has 0 radical (unpaired) electrons. The standard InChI is InChI=1S/C14H22N4O2/c1-4-16-8-5-9-17(11(2)10-16)14-7-6-13(18(19)20)12(3)15-14/h6-7,11H,4-5,8-10H2,1-3H3/t11-/m0/s1. The molecule has 0 bridgehead atoms. The highest BCUT2D eigenvalue weighted by molar-refractivity contribution is 5.47. The SMILES string of the molecule is CCN1CCCN(c2ccc([N+](=O)[O-])c(C)n2)[C@@H](C)C1. The van der Waals surface area contributed by atoms with Crippen LogP contribution in [-0.2, 0) is 0 Å². The summed E-state index contributed by atoms with van der Waals surface area (Å²) in [5, 5.41) is 10.9. The molecule has 1 aliphatic heterocycles. The highest BCUT2D eigenvalue weighted by Gasteiger charge is 2.23. The number of aryl methyl sites for hydroxylation is 1. The fourth-order valence-corrected chi connectivity index (χ4v) is 2.77. The molecule has 0 saturated carbocycles. The van der Waals surface area contributed by atoms with Crippen LogP contribution < -0.4 is 4.90 Å². The van der Waals surface area contributed by atoms with Crippen LogP contribution in [0.1, 0.15) is 26.0 Å². The molecular formula is C14H22N4O2. The van der Waals surface area contributed by atoms with Gasteiger partial charge in [-0.15, -0.1) is 0 Å². The first-order valence-electron chi connectivity index (χ1n) is 7.14. The highest BCUT2D eigenvalue weighted by Crippen LogP contribution is 2.23. The number of likely N-dealkylation sites (N-methyl/N-ethyl adjacent to an activating group) is 1. The van der Waals surface area contributed by atoms with Crippen molar-refractivity contribution < 1.29 is 4.92 Å². The molecule has 0 spiro atoms. The lowest BCUT2D eigenvalue weighted by Crippen LogP contribution is -2.39. The predicted molar refractivity (Wildman–Crippen MR) is 79.2 cm³/mol. The number of hydrogen-bond donors (Lipinski definition) is 0. The van der Waals surface area contributed by atoms with Gasteiger partial charge in [-0.25, -0.2) is 4.98 Å². The van der Waals surface area contributed by atoms with E-state index in [2.05, 4.69) is 28.6 Å². The van der Waals surface area contributed by atoms with Crippen LogP contribution in [0, 0.1) is 17.0 Å². The summed E-state index contributed by atoms with van der Waals surface area (Å²) < 4.78 is 0. The molecule has 6 nitrogen and oxygen atoms in total. The van der Waals surface area contributed by atoms with Crippen LogP contribution in [-0.4, -0.2) is 47.0 Å². The fourth-order valence-electron chi connectivity index (χ4n) is 2.77. The van der Waals surface area contributed by atoms with Gasteiger partial charge in [0.2, 0.25) is 0 Å². The predicted octanol–water partition coefficient (Wildman–Crippen LogP) is 2.22. The van der Waals surface area contributed by atoms with E-state index < -0.39 is 0 Å². The molecule has 0 unspecified atom stereocenters. The van der Waals surface area contributed by atoms with Gasteiger partial charge in [-0.2, -0.15) is 0 Å². The average Bonchev–Trinajstić information content (AvgIpc) is 2.59. The molecule has 0 aromatic carbocycles. The zero-order chi connectivity index (χ0) is 14.7. The minimum absolute atomic E-state index is 0.0893. The minimum atomic E-state index is -0.378. The van der Waals surface area contributed by atoms with Crippen molar-refractivity contribution in [1.82, 2.24) is 9.88 Å². The van der Waals surface area contributed by atoms with Gasteiger partial charge in [0.25, 0.3) is 5.69 Å². The number of aromatic nitrogens is 1. The number of anilines is 1. The van der Waals surface area contributed by atoms with Crippen molar-refractivity contribution in [2.24, 2.45) is 0 Å². The number of nitro groups is 1. The molecule has 2 heterocycles. The van der Waals surface area contributed by atoms with Gasteiger partial charge in [0, 0.05) is 25.2 Å². The van der Waals surface area contributed by atoms with Crippen LogP contribution in [0.3, 0.4) is 0 Å². The van der Waals surface area contributed by atoms with Gasteiger partial charge in [0.05, 0.1) is 4.92 Å². The van der Waals surface area contributed by atoms with Gasteiger partial charge >= 0.3 is 0 Å². The van der Waals surface area contributed by atoms with Gasteiger partial charge in [0.15, 0.2) is 0 Å². The van der Waals surface area contributed by atoms with Crippen molar-refractivity contribution in [2.45, 2.75) is 33.2 Å². The molecule has 0 N–H and O–H groups in total. The lowest BCUT2D eigenvalue weighted by molar-refractivity contribution is -0.385. The smallest absolute Gasteiger partial charge is 0.290 e. The van der Waals surface area contributed by atoms with Crippen LogP contribution >= 0.6 is 0 Å². The van der Waals surface area contributed by atoms with E-state index in [1.807, 2.05) is 0 Å². The molecule has 1 atom stereocenters.